The highest BCUT2D eigenvalue weighted by molar-refractivity contribution is 6.04. The lowest BCUT2D eigenvalue weighted by molar-refractivity contribution is -0.148. The molecule has 2 heterocycles. The fourth-order valence-electron chi connectivity index (χ4n) is 6.67. The Morgan fingerprint density at radius 2 is 1.16 bits per heavy atom. The van der Waals surface area contributed by atoms with Crippen molar-refractivity contribution in [2.24, 2.45) is 0 Å². The van der Waals surface area contributed by atoms with Crippen molar-refractivity contribution < 1.29 is 19.5 Å². The van der Waals surface area contributed by atoms with E-state index >= 15 is 0 Å². The van der Waals surface area contributed by atoms with E-state index in [0.29, 0.717) is 35.6 Å². The monoisotopic (exact) mass is 588 g/mol. The first-order chi connectivity index (χ1) is 21.4. The maximum absolute atomic E-state index is 14.7. The van der Waals surface area contributed by atoms with E-state index in [1.54, 1.807) is 14.7 Å². The lowest BCUT2D eigenvalue weighted by Crippen LogP contribution is -2.72. The van der Waals surface area contributed by atoms with E-state index in [4.69, 9.17) is 0 Å². The van der Waals surface area contributed by atoms with Gasteiger partial charge in [0.05, 0.1) is 34.8 Å². The van der Waals surface area contributed by atoms with Gasteiger partial charge in [-0.25, -0.2) is 14.4 Å². The van der Waals surface area contributed by atoms with E-state index in [1.807, 2.05) is 123 Å². The molecule has 0 radical (unpaired) electrons. The highest BCUT2D eigenvalue weighted by Crippen LogP contribution is 2.39. The van der Waals surface area contributed by atoms with Crippen LogP contribution in [0.2, 0.25) is 0 Å². The molecule has 0 unspecified atom stereocenters. The van der Waals surface area contributed by atoms with E-state index in [-0.39, 0.29) is 18.6 Å². The van der Waals surface area contributed by atoms with Gasteiger partial charge in [-0.05, 0) is 80.6 Å². The third-order valence-corrected chi connectivity index (χ3v) is 8.74. The van der Waals surface area contributed by atoms with Crippen molar-refractivity contribution in [1.82, 2.24) is 9.80 Å². The van der Waals surface area contributed by atoms with Crippen LogP contribution in [0.1, 0.15) is 30.4 Å². The molecule has 2 aliphatic heterocycles. The van der Waals surface area contributed by atoms with E-state index in [9.17, 15) is 19.5 Å². The maximum atomic E-state index is 14.7. The molecule has 2 bridgehead atoms. The highest BCUT2D eigenvalue weighted by Gasteiger charge is 2.52. The van der Waals surface area contributed by atoms with Crippen molar-refractivity contribution in [2.45, 2.75) is 51.2 Å². The normalized spacial score (nSPS) is 19.3. The van der Waals surface area contributed by atoms with Crippen LogP contribution >= 0.6 is 0 Å². The molecule has 2 saturated heterocycles. The standard InChI is InChI=1S/C36H36N4O4/c1-25-14-9-11-21-30(25)40(31-22-12-10-15-26(31)2)35(43)37-24-29-20-13-23-32(33(37)34(41)42)39(29)36(44)38(27-16-5-3-6-17-27)28-18-7-4-8-19-28/h3-12,14-19,21-22,29,32-33H,13,20,23-24H2,1-2H3,(H,41,42)/t29-,32+,33-/m0/s1. The molecule has 6 rings (SSSR count). The van der Waals surface area contributed by atoms with Gasteiger partial charge < -0.3 is 14.9 Å². The fourth-order valence-corrected chi connectivity index (χ4v) is 6.67. The van der Waals surface area contributed by atoms with Crippen LogP contribution in [0.25, 0.3) is 0 Å². The molecule has 0 aliphatic carbocycles. The number of carboxylic acid groups (broad SMARTS) is 1. The average molecular weight is 589 g/mol. The second-order valence-corrected chi connectivity index (χ2v) is 11.5. The topological polar surface area (TPSA) is 84.4 Å². The summed E-state index contributed by atoms with van der Waals surface area (Å²) in [4.78, 5) is 48.9. The quantitative estimate of drug-likeness (QED) is 0.262. The Labute approximate surface area is 257 Å². The molecule has 0 spiro atoms. The van der Waals surface area contributed by atoms with Crippen LogP contribution in [0.15, 0.2) is 109 Å². The fraction of sp³-hybridized carbons (Fsp3) is 0.250. The number of hydrogen-bond acceptors (Lipinski definition) is 3. The molecule has 1 N–H and O–H groups in total. The predicted molar refractivity (Wildman–Crippen MR) is 172 cm³/mol. The van der Waals surface area contributed by atoms with Crippen LogP contribution in [0.3, 0.4) is 0 Å². The SMILES string of the molecule is Cc1ccccc1N(C(=O)N1C[C@@H]2CCC[C@H]([C@H]1C(=O)O)N2C(=O)N(c1ccccc1)c1ccccc1)c1ccccc1C. The molecule has 0 aromatic heterocycles. The van der Waals surface area contributed by atoms with Gasteiger partial charge in [-0.3, -0.25) is 9.80 Å². The first-order valence-electron chi connectivity index (χ1n) is 15.0. The van der Waals surface area contributed by atoms with Gasteiger partial charge in [0.1, 0.15) is 0 Å². The van der Waals surface area contributed by atoms with Crippen LogP contribution in [0, 0.1) is 13.8 Å². The van der Waals surface area contributed by atoms with Gasteiger partial charge in [-0.1, -0.05) is 72.8 Å². The number of nitrogens with zero attached hydrogens (tertiary/aromatic N) is 4. The number of fused-ring (bicyclic) bond motifs is 2. The number of anilines is 4. The second-order valence-electron chi connectivity index (χ2n) is 11.5. The molecule has 4 aromatic carbocycles. The zero-order valence-electron chi connectivity index (χ0n) is 24.9. The van der Waals surface area contributed by atoms with E-state index in [1.165, 1.54) is 4.90 Å². The number of amides is 4. The molecular formula is C36H36N4O4. The van der Waals surface area contributed by atoms with Gasteiger partial charge in [0.2, 0.25) is 0 Å². The molecular weight excluding hydrogens is 552 g/mol. The molecule has 4 aromatic rings. The zero-order chi connectivity index (χ0) is 30.8. The summed E-state index contributed by atoms with van der Waals surface area (Å²) in [6, 6.07) is 31.1. The number of aryl methyl sites for hydroxylation is 2. The van der Waals surface area contributed by atoms with Crippen molar-refractivity contribution in [1.29, 1.82) is 0 Å². The van der Waals surface area contributed by atoms with Crippen LogP contribution in [0.4, 0.5) is 32.3 Å². The van der Waals surface area contributed by atoms with Crippen molar-refractivity contribution in [3.63, 3.8) is 0 Å². The molecule has 224 valence electrons. The largest absolute Gasteiger partial charge is 0.480 e. The van der Waals surface area contributed by atoms with E-state index in [0.717, 1.165) is 17.5 Å². The first kappa shape index (κ1) is 29.0. The molecule has 44 heavy (non-hydrogen) atoms. The summed E-state index contributed by atoms with van der Waals surface area (Å²) in [7, 11) is 0. The Bertz CT molecular complexity index is 1580. The number of likely N-dealkylation sites (tertiary alicyclic amines) is 1. The zero-order valence-corrected chi connectivity index (χ0v) is 24.9. The minimum absolute atomic E-state index is 0.115. The number of rotatable bonds is 5. The van der Waals surface area contributed by atoms with Gasteiger partial charge >= 0.3 is 18.0 Å². The Morgan fingerprint density at radius 1 is 0.659 bits per heavy atom. The van der Waals surface area contributed by atoms with Crippen LogP contribution < -0.4 is 9.80 Å². The third kappa shape index (κ3) is 5.28. The number of carbonyl (C=O) groups is 3. The summed E-state index contributed by atoms with van der Waals surface area (Å²) < 4.78 is 0. The number of para-hydroxylation sites is 4. The molecule has 8 heteroatoms. The van der Waals surface area contributed by atoms with Crippen LogP contribution in [-0.2, 0) is 4.79 Å². The lowest BCUT2D eigenvalue weighted by atomic mass is 9.86. The van der Waals surface area contributed by atoms with E-state index in [2.05, 4.69) is 0 Å². The van der Waals surface area contributed by atoms with Crippen molar-refractivity contribution in [3.05, 3.63) is 120 Å². The number of benzene rings is 4. The van der Waals surface area contributed by atoms with E-state index < -0.39 is 24.1 Å². The molecule has 8 nitrogen and oxygen atoms in total. The Kier molecular flexibility index (Phi) is 8.07. The first-order valence-corrected chi connectivity index (χ1v) is 15.0. The molecule has 3 atom stereocenters. The average Bonchev–Trinajstić information content (AvgIpc) is 3.03. The Balaban J connectivity index is 1.41. The van der Waals surface area contributed by atoms with Gasteiger partial charge in [0.25, 0.3) is 0 Å². The van der Waals surface area contributed by atoms with Crippen LogP contribution in [-0.4, -0.2) is 57.6 Å². The number of piperidine rings is 1. The second kappa shape index (κ2) is 12.2. The minimum Gasteiger partial charge on any atom is -0.480 e. The number of hydrogen-bond donors (Lipinski definition) is 1. The number of carboxylic acids is 1. The number of carbonyl (C=O) groups excluding carboxylic acids is 2. The van der Waals surface area contributed by atoms with Gasteiger partial charge in [-0.15, -0.1) is 0 Å². The summed E-state index contributed by atoms with van der Waals surface area (Å²) in [6.07, 6.45) is 1.93. The number of aliphatic carboxylic acids is 1. The van der Waals surface area contributed by atoms with Gasteiger partial charge in [0.15, 0.2) is 6.04 Å². The van der Waals surface area contributed by atoms with Crippen molar-refractivity contribution >= 4 is 40.8 Å². The molecule has 0 saturated carbocycles. The summed E-state index contributed by atoms with van der Waals surface area (Å²) in [5.74, 6) is -1.12. The lowest BCUT2D eigenvalue weighted by Gasteiger charge is -2.54. The number of urea groups is 2. The van der Waals surface area contributed by atoms with Gasteiger partial charge in [-0.2, -0.15) is 0 Å². The highest BCUT2D eigenvalue weighted by atomic mass is 16.4. The molecule has 4 amide bonds. The summed E-state index contributed by atoms with van der Waals surface area (Å²) in [5.41, 5.74) is 4.56. The summed E-state index contributed by atoms with van der Waals surface area (Å²) >= 11 is 0. The summed E-state index contributed by atoms with van der Waals surface area (Å²) in [6.45, 7) is 4.00. The van der Waals surface area contributed by atoms with Crippen LogP contribution in [0.5, 0.6) is 0 Å². The van der Waals surface area contributed by atoms with Crippen molar-refractivity contribution in [2.75, 3.05) is 16.3 Å². The smallest absolute Gasteiger partial charge is 0.330 e. The summed E-state index contributed by atoms with van der Waals surface area (Å²) in [5, 5.41) is 10.7. The third-order valence-electron chi connectivity index (χ3n) is 8.74. The predicted octanol–water partition coefficient (Wildman–Crippen LogP) is 7.51. The Morgan fingerprint density at radius 3 is 1.66 bits per heavy atom. The maximum Gasteiger partial charge on any atom is 0.330 e. The minimum atomic E-state index is -1.22. The van der Waals surface area contributed by atoms with Gasteiger partial charge in [0, 0.05) is 6.54 Å². The van der Waals surface area contributed by atoms with Crippen molar-refractivity contribution in [3.8, 4) is 0 Å². The Hall–Kier alpha value is -5.11. The molecule has 2 aliphatic rings. The number of piperazine rings is 1. The molecule has 2 fully saturated rings.